The molecule has 1 aliphatic carbocycles. The molecule has 29 heavy (non-hydrogen) atoms. The van der Waals surface area contributed by atoms with Gasteiger partial charge in [0.25, 0.3) is 0 Å². The minimum atomic E-state index is -0.964. The molecule has 2 amide bonds. The van der Waals surface area contributed by atoms with Crippen molar-refractivity contribution in [1.82, 2.24) is 14.5 Å². The molecule has 4 N–H and O–H groups in total. The maximum Gasteiger partial charge on any atom is 0.337 e. The number of hydrogen-bond acceptors (Lipinski definition) is 4. The summed E-state index contributed by atoms with van der Waals surface area (Å²) in [6.07, 6.45) is 4.15. The topological polar surface area (TPSA) is 119 Å². The van der Waals surface area contributed by atoms with Crippen LogP contribution in [-0.2, 0) is 11.3 Å². The van der Waals surface area contributed by atoms with Crippen LogP contribution in [-0.4, -0.2) is 37.8 Å². The summed E-state index contributed by atoms with van der Waals surface area (Å²) >= 11 is 0. The van der Waals surface area contributed by atoms with E-state index in [1.165, 1.54) is 4.57 Å². The third kappa shape index (κ3) is 4.22. The molecule has 1 aliphatic rings. The van der Waals surface area contributed by atoms with Gasteiger partial charge in [-0.2, -0.15) is 0 Å². The number of rotatable bonds is 4. The lowest BCUT2D eigenvalue weighted by molar-refractivity contribution is -0.122. The third-order valence-electron chi connectivity index (χ3n) is 5.69. The molecular formula is C21H30N4O4. The van der Waals surface area contributed by atoms with Gasteiger partial charge in [0, 0.05) is 0 Å². The number of hydrogen-bond donors (Lipinski definition) is 3. The Balaban J connectivity index is 2.03. The van der Waals surface area contributed by atoms with E-state index in [1.807, 2.05) is 0 Å². The number of imidazole rings is 1. The minimum absolute atomic E-state index is 0.130. The predicted molar refractivity (Wildman–Crippen MR) is 111 cm³/mol. The molecule has 1 heterocycles. The van der Waals surface area contributed by atoms with Crippen molar-refractivity contribution in [1.29, 1.82) is 0 Å². The number of nitrogens with one attached hydrogen (secondary N) is 1. The van der Waals surface area contributed by atoms with Crippen LogP contribution >= 0.6 is 0 Å². The summed E-state index contributed by atoms with van der Waals surface area (Å²) in [7, 11) is 0. The first kappa shape index (κ1) is 21.1. The van der Waals surface area contributed by atoms with Crippen molar-refractivity contribution in [2.75, 3.05) is 0 Å². The molecule has 8 nitrogen and oxygen atoms in total. The van der Waals surface area contributed by atoms with Crippen molar-refractivity contribution in [3.63, 3.8) is 0 Å². The van der Waals surface area contributed by atoms with Crippen molar-refractivity contribution < 1.29 is 14.7 Å². The summed E-state index contributed by atoms with van der Waals surface area (Å²) in [6.45, 7) is 5.49. The fourth-order valence-corrected chi connectivity index (χ4v) is 4.12. The van der Waals surface area contributed by atoms with Crippen LogP contribution in [0.2, 0.25) is 0 Å². The van der Waals surface area contributed by atoms with E-state index in [-0.39, 0.29) is 6.54 Å². The quantitative estimate of drug-likeness (QED) is 0.724. The van der Waals surface area contributed by atoms with Crippen molar-refractivity contribution >= 4 is 23.0 Å². The van der Waals surface area contributed by atoms with Crippen LogP contribution in [0.15, 0.2) is 29.1 Å². The first-order chi connectivity index (χ1) is 13.5. The lowest BCUT2D eigenvalue weighted by Gasteiger charge is -2.32. The summed E-state index contributed by atoms with van der Waals surface area (Å²) in [6, 6.07) is 5.30. The molecule has 1 atom stereocenters. The number of aliphatic hydroxyl groups is 1. The Hall–Kier alpha value is -2.61. The summed E-state index contributed by atoms with van der Waals surface area (Å²) < 4.78 is 2.47. The van der Waals surface area contributed by atoms with E-state index >= 15 is 0 Å². The lowest BCUT2D eigenvalue weighted by Crippen LogP contribution is -2.54. The molecule has 0 spiro atoms. The van der Waals surface area contributed by atoms with Gasteiger partial charge >= 0.3 is 11.7 Å². The summed E-state index contributed by atoms with van der Waals surface area (Å²) in [5, 5.41) is 13.6. The van der Waals surface area contributed by atoms with Crippen LogP contribution in [0.1, 0.15) is 52.9 Å². The molecule has 158 valence electrons. The van der Waals surface area contributed by atoms with Crippen LogP contribution in [0.25, 0.3) is 11.0 Å². The van der Waals surface area contributed by atoms with E-state index < -0.39 is 34.7 Å². The van der Waals surface area contributed by atoms with Crippen LogP contribution in [0.5, 0.6) is 0 Å². The Morgan fingerprint density at radius 2 is 1.76 bits per heavy atom. The second-order valence-electron chi connectivity index (χ2n) is 9.13. The average Bonchev–Trinajstić information content (AvgIpc) is 2.90. The number of nitrogens with two attached hydrogens (primary N) is 1. The second kappa shape index (κ2) is 7.67. The van der Waals surface area contributed by atoms with Crippen LogP contribution in [0.3, 0.4) is 0 Å². The molecule has 3 rings (SSSR count). The van der Waals surface area contributed by atoms with Crippen LogP contribution in [0, 0.1) is 5.41 Å². The van der Waals surface area contributed by atoms with Gasteiger partial charge in [-0.25, -0.2) is 14.2 Å². The monoisotopic (exact) mass is 402 g/mol. The van der Waals surface area contributed by atoms with Gasteiger partial charge < -0.3 is 16.2 Å². The first-order valence-electron chi connectivity index (χ1n) is 10.1. The number of para-hydroxylation sites is 2. The van der Waals surface area contributed by atoms with Gasteiger partial charge in [-0.15, -0.1) is 0 Å². The van der Waals surface area contributed by atoms with Gasteiger partial charge in [0.15, 0.2) is 0 Å². The summed E-state index contributed by atoms with van der Waals surface area (Å²) in [4.78, 5) is 38.0. The molecule has 1 fully saturated rings. The zero-order valence-electron chi connectivity index (χ0n) is 17.3. The van der Waals surface area contributed by atoms with Crippen molar-refractivity contribution in [2.45, 2.75) is 71.1 Å². The van der Waals surface area contributed by atoms with Gasteiger partial charge in [0.2, 0.25) is 5.91 Å². The highest BCUT2D eigenvalue weighted by Gasteiger charge is 2.34. The maximum absolute atomic E-state index is 13.2. The van der Waals surface area contributed by atoms with E-state index in [1.54, 1.807) is 45.0 Å². The number of aromatic nitrogens is 2. The van der Waals surface area contributed by atoms with Gasteiger partial charge in [0.05, 0.1) is 23.2 Å². The largest absolute Gasteiger partial charge is 0.388 e. The molecule has 8 heteroatoms. The van der Waals surface area contributed by atoms with Crippen LogP contribution < -0.4 is 16.7 Å². The number of benzene rings is 1. The Labute approximate surface area is 169 Å². The molecule has 1 aromatic carbocycles. The molecule has 0 bridgehead atoms. The summed E-state index contributed by atoms with van der Waals surface area (Å²) in [5.41, 5.74) is 4.34. The summed E-state index contributed by atoms with van der Waals surface area (Å²) in [5.74, 6) is -0.667. The lowest BCUT2D eigenvalue weighted by atomic mass is 9.85. The third-order valence-corrected chi connectivity index (χ3v) is 5.69. The van der Waals surface area contributed by atoms with E-state index in [0.29, 0.717) is 23.9 Å². The van der Waals surface area contributed by atoms with E-state index in [2.05, 4.69) is 5.32 Å². The molecule has 0 aliphatic heterocycles. The number of primary amides is 1. The predicted octanol–water partition coefficient (Wildman–Crippen LogP) is 1.96. The van der Waals surface area contributed by atoms with Crippen molar-refractivity contribution in [2.24, 2.45) is 11.1 Å². The van der Waals surface area contributed by atoms with E-state index in [4.69, 9.17) is 5.73 Å². The number of fused-ring (bicyclic) bond motifs is 1. The maximum atomic E-state index is 13.2. The Kier molecular flexibility index (Phi) is 5.58. The molecular weight excluding hydrogens is 372 g/mol. The van der Waals surface area contributed by atoms with E-state index in [9.17, 15) is 19.5 Å². The molecule has 0 saturated heterocycles. The van der Waals surface area contributed by atoms with Crippen molar-refractivity contribution in [3.8, 4) is 0 Å². The van der Waals surface area contributed by atoms with Crippen molar-refractivity contribution in [3.05, 3.63) is 34.7 Å². The van der Waals surface area contributed by atoms with E-state index in [0.717, 1.165) is 23.8 Å². The number of nitrogens with zero attached hydrogens (tertiary/aromatic N) is 2. The average molecular weight is 402 g/mol. The molecule has 1 aromatic heterocycles. The number of carbonyl (C=O) groups is 2. The molecule has 1 unspecified atom stereocenters. The van der Waals surface area contributed by atoms with Gasteiger partial charge in [-0.3, -0.25) is 9.36 Å². The van der Waals surface area contributed by atoms with Crippen LogP contribution in [0.4, 0.5) is 4.79 Å². The molecule has 0 radical (unpaired) electrons. The van der Waals surface area contributed by atoms with Gasteiger partial charge in [-0.05, 0) is 30.4 Å². The Morgan fingerprint density at radius 3 is 2.31 bits per heavy atom. The number of carbonyl (C=O) groups excluding carboxylic acids is 2. The highest BCUT2D eigenvalue weighted by atomic mass is 16.3. The van der Waals surface area contributed by atoms with Gasteiger partial charge in [0.1, 0.15) is 6.04 Å². The second-order valence-corrected chi connectivity index (χ2v) is 9.13. The Morgan fingerprint density at radius 1 is 1.17 bits per heavy atom. The standard InChI is InChI=1S/C21H30N4O4/c1-20(2,3)16(17(22)26)23-18(27)25-15-10-6-5-9-14(15)24(19(25)28)13-21(29)11-7-4-8-12-21/h5-6,9-10,16,29H,4,7-8,11-13H2,1-3H3,(H2,22,26)(H,23,27). The fourth-order valence-electron chi connectivity index (χ4n) is 4.12. The highest BCUT2D eigenvalue weighted by Crippen LogP contribution is 2.30. The molecule has 2 aromatic rings. The normalized spacial score (nSPS) is 17.8. The fraction of sp³-hybridized carbons (Fsp3) is 0.571. The first-order valence-corrected chi connectivity index (χ1v) is 10.1. The zero-order chi connectivity index (χ0) is 21.4. The smallest absolute Gasteiger partial charge is 0.337 e. The molecule has 1 saturated carbocycles. The highest BCUT2D eigenvalue weighted by molar-refractivity contribution is 5.92. The minimum Gasteiger partial charge on any atom is -0.388 e. The zero-order valence-corrected chi connectivity index (χ0v) is 17.3. The number of amides is 2. The SMILES string of the molecule is CC(C)(C)C(NC(=O)n1c(=O)n(CC2(O)CCCCC2)c2ccccc21)C(N)=O. The van der Waals surface area contributed by atoms with Gasteiger partial charge in [-0.1, -0.05) is 52.2 Å². The Bertz CT molecular complexity index is 977.